The summed E-state index contributed by atoms with van der Waals surface area (Å²) >= 11 is 0. The maximum absolute atomic E-state index is 13.8. The monoisotopic (exact) mass is 425 g/mol. The van der Waals surface area contributed by atoms with Gasteiger partial charge in [0, 0.05) is 0 Å². The largest absolute Gasteiger partial charge is 0.465 e. The van der Waals surface area contributed by atoms with E-state index in [1.165, 1.54) is 0 Å². The van der Waals surface area contributed by atoms with Crippen LogP contribution in [0.1, 0.15) is 0 Å². The summed E-state index contributed by atoms with van der Waals surface area (Å²) in [6.07, 6.45) is -6.07. The molecule has 3 aromatic rings. The number of hydrogen-bond acceptors (Lipinski definition) is 2. The number of carbonyl (C=O) groups is 1. The van der Waals surface area contributed by atoms with E-state index in [-0.39, 0.29) is 0 Å². The Balaban J connectivity index is 2.27. The summed E-state index contributed by atoms with van der Waals surface area (Å²) < 4.78 is 71.3. The summed E-state index contributed by atoms with van der Waals surface area (Å²) in [7, 11) is -3.60. The second-order valence-corrected chi connectivity index (χ2v) is 9.02. The van der Waals surface area contributed by atoms with Crippen LogP contribution in [0, 0.1) is 0 Å². The quantitative estimate of drug-likeness (QED) is 0.440. The molecule has 0 amide bonds. The van der Waals surface area contributed by atoms with E-state index >= 15 is 0 Å². The second-order valence-electron chi connectivity index (χ2n) is 6.07. The van der Waals surface area contributed by atoms with Gasteiger partial charge in [0.05, 0.1) is 0 Å². The molecule has 0 heterocycles. The number of alkyl halides is 5. The number of halogens is 5. The van der Waals surface area contributed by atoms with Gasteiger partial charge in [-0.15, -0.1) is 0 Å². The first-order valence-corrected chi connectivity index (χ1v) is 10.1. The van der Waals surface area contributed by atoms with Crippen LogP contribution in [0.3, 0.4) is 0 Å². The summed E-state index contributed by atoms with van der Waals surface area (Å²) in [6, 6.07) is 23.9. The first-order chi connectivity index (χ1) is 13.7. The van der Waals surface area contributed by atoms with Crippen LogP contribution in [-0.2, 0) is 9.32 Å². The molecule has 0 aliphatic heterocycles. The minimum absolute atomic E-state index is 0.337. The minimum atomic E-state index is -6.07. The molecule has 3 aromatic carbocycles. The van der Waals surface area contributed by atoms with Gasteiger partial charge in [-0.05, 0) is 36.4 Å². The summed E-state index contributed by atoms with van der Waals surface area (Å²) in [4.78, 5) is 12.2. The Morgan fingerprint density at radius 2 is 0.931 bits per heavy atom. The van der Waals surface area contributed by atoms with Gasteiger partial charge in [-0.1, -0.05) is 54.6 Å². The van der Waals surface area contributed by atoms with Crippen LogP contribution in [0.25, 0.3) is 0 Å². The standard InChI is InChI=1S/C21H15F5O2P/c22-20(23,21(24,25)26)19(27)28-29(16-10-4-1-5-11-16,17-12-6-2-7-13-17)18-14-8-3-9-15-18/h1-15H/q+1. The van der Waals surface area contributed by atoms with Crippen LogP contribution in [0.5, 0.6) is 0 Å². The van der Waals surface area contributed by atoms with Crippen molar-refractivity contribution in [3.05, 3.63) is 91.0 Å². The van der Waals surface area contributed by atoms with Crippen molar-refractivity contribution < 1.29 is 31.3 Å². The number of hydrogen-bond donors (Lipinski definition) is 0. The van der Waals surface area contributed by atoms with Gasteiger partial charge in [-0.3, -0.25) is 4.52 Å². The third-order valence-electron chi connectivity index (χ3n) is 4.19. The van der Waals surface area contributed by atoms with Crippen LogP contribution in [-0.4, -0.2) is 18.1 Å². The van der Waals surface area contributed by atoms with E-state index in [9.17, 15) is 26.7 Å². The molecule has 0 fully saturated rings. The van der Waals surface area contributed by atoms with E-state index in [0.717, 1.165) is 0 Å². The van der Waals surface area contributed by atoms with Crippen LogP contribution in [0.2, 0.25) is 0 Å². The average Bonchev–Trinajstić information content (AvgIpc) is 2.73. The third-order valence-corrected chi connectivity index (χ3v) is 7.71. The molecule has 0 radical (unpaired) electrons. The molecule has 0 saturated heterocycles. The Hall–Kier alpha value is -2.79. The molecule has 8 heteroatoms. The van der Waals surface area contributed by atoms with Crippen LogP contribution >= 0.6 is 7.49 Å². The molecule has 0 saturated carbocycles. The topological polar surface area (TPSA) is 26.3 Å². The van der Waals surface area contributed by atoms with E-state index in [2.05, 4.69) is 0 Å². The minimum Gasteiger partial charge on any atom is -0.290 e. The highest BCUT2D eigenvalue weighted by Gasteiger charge is 2.68. The Morgan fingerprint density at radius 3 is 1.21 bits per heavy atom. The fourth-order valence-electron chi connectivity index (χ4n) is 2.82. The van der Waals surface area contributed by atoms with Gasteiger partial charge < -0.3 is 0 Å². The van der Waals surface area contributed by atoms with Crippen LogP contribution in [0.4, 0.5) is 22.0 Å². The van der Waals surface area contributed by atoms with E-state index in [1.807, 2.05) is 0 Å². The Kier molecular flexibility index (Phi) is 5.71. The smallest absolute Gasteiger partial charge is 0.290 e. The van der Waals surface area contributed by atoms with Gasteiger partial charge in [-0.2, -0.15) is 22.0 Å². The first-order valence-electron chi connectivity index (χ1n) is 8.44. The van der Waals surface area contributed by atoms with Gasteiger partial charge in [0.15, 0.2) is 0 Å². The highest BCUT2D eigenvalue weighted by atomic mass is 31.2. The zero-order valence-corrected chi connectivity index (χ0v) is 15.7. The van der Waals surface area contributed by atoms with Crippen molar-refractivity contribution in [3.8, 4) is 0 Å². The molecular formula is C21H15F5O2P+. The molecular weight excluding hydrogens is 410 g/mol. The molecule has 0 aliphatic rings. The highest BCUT2D eigenvalue weighted by Crippen LogP contribution is 2.58. The number of benzene rings is 3. The molecule has 29 heavy (non-hydrogen) atoms. The van der Waals surface area contributed by atoms with Crippen LogP contribution in [0.15, 0.2) is 91.0 Å². The van der Waals surface area contributed by atoms with Crippen molar-refractivity contribution in [2.45, 2.75) is 12.1 Å². The molecule has 0 bridgehead atoms. The molecule has 0 unspecified atom stereocenters. The lowest BCUT2D eigenvalue weighted by atomic mass is 10.3. The van der Waals surface area contributed by atoms with Gasteiger partial charge in [0.25, 0.3) is 7.49 Å². The molecule has 2 nitrogen and oxygen atoms in total. The maximum atomic E-state index is 13.8. The summed E-state index contributed by atoms with van der Waals surface area (Å²) in [5.41, 5.74) is 0. The third kappa shape index (κ3) is 3.87. The normalized spacial score (nSPS) is 12.4. The fraction of sp³-hybridized carbons (Fsp3) is 0.0952. The zero-order valence-electron chi connectivity index (χ0n) is 14.8. The molecule has 0 aromatic heterocycles. The predicted molar refractivity (Wildman–Crippen MR) is 102 cm³/mol. The summed E-state index contributed by atoms with van der Waals surface area (Å²) in [6.45, 7) is 0. The molecule has 0 N–H and O–H groups in total. The van der Waals surface area contributed by atoms with E-state index in [0.29, 0.717) is 15.9 Å². The first kappa shape index (κ1) is 20.9. The van der Waals surface area contributed by atoms with E-state index in [4.69, 9.17) is 4.52 Å². The van der Waals surface area contributed by atoms with Crippen molar-refractivity contribution >= 4 is 29.4 Å². The van der Waals surface area contributed by atoms with Crippen molar-refractivity contribution in [2.75, 3.05) is 0 Å². The van der Waals surface area contributed by atoms with Crippen molar-refractivity contribution in [1.29, 1.82) is 0 Å². The number of carbonyl (C=O) groups excluding carboxylic acids is 1. The zero-order chi connectivity index (χ0) is 21.1. The molecule has 0 aliphatic carbocycles. The molecule has 0 atom stereocenters. The number of rotatable bonds is 5. The summed E-state index contributed by atoms with van der Waals surface area (Å²) in [5, 5.41) is 1.01. The highest BCUT2D eigenvalue weighted by molar-refractivity contribution is 7.92. The van der Waals surface area contributed by atoms with Gasteiger partial charge >= 0.3 is 18.1 Å². The van der Waals surface area contributed by atoms with Gasteiger partial charge in [-0.25, -0.2) is 4.79 Å². The SMILES string of the molecule is O=C(O[P+](c1ccccc1)(c1ccccc1)c1ccccc1)C(F)(F)C(F)(F)F. The Bertz CT molecular complexity index is 864. The van der Waals surface area contributed by atoms with Crippen molar-refractivity contribution in [2.24, 2.45) is 0 Å². The Labute approximate surface area is 164 Å². The van der Waals surface area contributed by atoms with Gasteiger partial charge in [0.2, 0.25) is 0 Å². The predicted octanol–water partition coefficient (Wildman–Crippen LogP) is 4.64. The lowest BCUT2D eigenvalue weighted by Crippen LogP contribution is -2.47. The second kappa shape index (κ2) is 7.91. The summed E-state index contributed by atoms with van der Waals surface area (Å²) in [5.74, 6) is -8.27. The van der Waals surface area contributed by atoms with E-state index in [1.54, 1.807) is 91.0 Å². The lowest BCUT2D eigenvalue weighted by molar-refractivity contribution is -0.276. The molecule has 150 valence electrons. The Morgan fingerprint density at radius 1 is 0.621 bits per heavy atom. The van der Waals surface area contributed by atoms with Crippen molar-refractivity contribution in [1.82, 2.24) is 0 Å². The van der Waals surface area contributed by atoms with E-state index < -0.39 is 25.6 Å². The van der Waals surface area contributed by atoms with Crippen LogP contribution < -0.4 is 15.9 Å². The van der Waals surface area contributed by atoms with Gasteiger partial charge in [0.1, 0.15) is 15.9 Å². The van der Waals surface area contributed by atoms with Crippen molar-refractivity contribution in [3.63, 3.8) is 0 Å². The molecule has 3 rings (SSSR count). The average molecular weight is 425 g/mol. The lowest BCUT2D eigenvalue weighted by Gasteiger charge is -2.27. The molecule has 0 spiro atoms. The maximum Gasteiger partial charge on any atom is 0.465 e. The fourth-order valence-corrected chi connectivity index (χ4v) is 6.17.